The van der Waals surface area contributed by atoms with E-state index in [1.165, 1.54) is 0 Å². The van der Waals surface area contributed by atoms with Gasteiger partial charge < -0.3 is 9.64 Å². The normalized spacial score (nSPS) is 15.1. The first-order chi connectivity index (χ1) is 11.7. The average molecular weight is 322 g/mol. The Morgan fingerprint density at radius 2 is 2.04 bits per heavy atom. The zero-order chi connectivity index (χ0) is 16.9. The van der Waals surface area contributed by atoms with E-state index >= 15 is 0 Å². The molecule has 1 saturated heterocycles. The Bertz CT molecular complexity index is 745. The second kappa shape index (κ2) is 7.31. The topological polar surface area (TPSA) is 62.0 Å². The number of hydrogen-bond acceptors (Lipinski definition) is 5. The highest BCUT2D eigenvalue weighted by atomic mass is 16.5. The van der Waals surface area contributed by atoms with Gasteiger partial charge in [0.25, 0.3) is 0 Å². The molecule has 124 valence electrons. The molecule has 0 radical (unpaired) electrons. The van der Waals surface area contributed by atoms with Crippen LogP contribution in [0.3, 0.4) is 0 Å². The van der Waals surface area contributed by atoms with Crippen molar-refractivity contribution in [2.45, 2.75) is 39.2 Å². The summed E-state index contributed by atoms with van der Waals surface area (Å²) >= 11 is 0. The Balaban J connectivity index is 1.61. The van der Waals surface area contributed by atoms with Crippen molar-refractivity contribution in [2.24, 2.45) is 0 Å². The lowest BCUT2D eigenvalue weighted by Gasteiger charge is -2.33. The number of anilines is 1. The van der Waals surface area contributed by atoms with Gasteiger partial charge in [-0.05, 0) is 31.5 Å². The van der Waals surface area contributed by atoms with Crippen molar-refractivity contribution >= 4 is 5.82 Å². The molecule has 2 aromatic rings. The van der Waals surface area contributed by atoms with Crippen LogP contribution in [0, 0.1) is 18.3 Å². The second-order valence-electron chi connectivity index (χ2n) is 6.06. The van der Waals surface area contributed by atoms with Crippen LogP contribution in [0.15, 0.2) is 30.3 Å². The van der Waals surface area contributed by atoms with Crippen LogP contribution in [-0.2, 0) is 6.42 Å². The molecule has 0 saturated carbocycles. The average Bonchev–Trinajstić information content (AvgIpc) is 2.62. The molecule has 2 heterocycles. The van der Waals surface area contributed by atoms with Crippen LogP contribution in [-0.4, -0.2) is 29.2 Å². The standard InChI is InChI=1S/C19H22N4O/c1-3-16-12-19(22-14(2)21-16)23-9-7-17(8-10-23)24-18-6-4-5-15(11-18)13-20/h4-6,11-12,17H,3,7-10H2,1-2H3. The Kier molecular flexibility index (Phi) is 4.95. The van der Waals surface area contributed by atoms with Crippen molar-refractivity contribution in [1.82, 2.24) is 9.97 Å². The van der Waals surface area contributed by atoms with Crippen molar-refractivity contribution < 1.29 is 4.74 Å². The number of hydrogen-bond donors (Lipinski definition) is 0. The van der Waals surface area contributed by atoms with Gasteiger partial charge in [-0.25, -0.2) is 9.97 Å². The van der Waals surface area contributed by atoms with E-state index in [0.717, 1.165) is 55.4 Å². The minimum Gasteiger partial charge on any atom is -0.490 e. The van der Waals surface area contributed by atoms with Crippen molar-refractivity contribution in [2.75, 3.05) is 18.0 Å². The lowest BCUT2D eigenvalue weighted by Crippen LogP contribution is -2.38. The Hall–Kier alpha value is -2.61. The SMILES string of the molecule is CCc1cc(N2CCC(Oc3cccc(C#N)c3)CC2)nc(C)n1. The van der Waals surface area contributed by atoms with Crippen LogP contribution in [0.5, 0.6) is 5.75 Å². The monoisotopic (exact) mass is 322 g/mol. The minimum atomic E-state index is 0.184. The van der Waals surface area contributed by atoms with Crippen molar-refractivity contribution in [3.05, 3.63) is 47.4 Å². The molecule has 1 aromatic heterocycles. The van der Waals surface area contributed by atoms with E-state index in [0.29, 0.717) is 5.56 Å². The predicted octanol–water partition coefficient (Wildman–Crippen LogP) is 3.27. The van der Waals surface area contributed by atoms with Gasteiger partial charge in [-0.1, -0.05) is 13.0 Å². The summed E-state index contributed by atoms with van der Waals surface area (Å²) in [5, 5.41) is 8.97. The summed E-state index contributed by atoms with van der Waals surface area (Å²) in [6.07, 6.45) is 3.00. The smallest absolute Gasteiger partial charge is 0.132 e. The molecule has 5 nitrogen and oxygen atoms in total. The number of rotatable bonds is 4. The zero-order valence-corrected chi connectivity index (χ0v) is 14.2. The molecule has 1 fully saturated rings. The molecular formula is C19H22N4O. The van der Waals surface area contributed by atoms with E-state index in [2.05, 4.69) is 33.9 Å². The molecule has 1 aromatic carbocycles. The third-order valence-electron chi connectivity index (χ3n) is 4.27. The van der Waals surface area contributed by atoms with Gasteiger partial charge in [0, 0.05) is 37.7 Å². The fourth-order valence-corrected chi connectivity index (χ4v) is 2.99. The van der Waals surface area contributed by atoms with Crippen LogP contribution in [0.25, 0.3) is 0 Å². The van der Waals surface area contributed by atoms with Gasteiger partial charge in [0.1, 0.15) is 23.5 Å². The Morgan fingerprint density at radius 1 is 1.25 bits per heavy atom. The molecule has 0 atom stereocenters. The Morgan fingerprint density at radius 3 is 2.75 bits per heavy atom. The van der Waals surface area contributed by atoms with Crippen molar-refractivity contribution in [3.8, 4) is 11.8 Å². The summed E-state index contributed by atoms with van der Waals surface area (Å²) in [5.41, 5.74) is 1.72. The maximum atomic E-state index is 8.97. The third-order valence-corrected chi connectivity index (χ3v) is 4.27. The maximum absolute atomic E-state index is 8.97. The van der Waals surface area contributed by atoms with Gasteiger partial charge in [-0.15, -0.1) is 0 Å². The Labute approximate surface area is 142 Å². The first kappa shape index (κ1) is 16.3. The minimum absolute atomic E-state index is 0.184. The lowest BCUT2D eigenvalue weighted by atomic mass is 10.1. The van der Waals surface area contributed by atoms with Crippen LogP contribution in [0.2, 0.25) is 0 Å². The predicted molar refractivity (Wildman–Crippen MR) is 93.2 cm³/mol. The van der Waals surface area contributed by atoms with E-state index in [1.807, 2.05) is 19.1 Å². The summed E-state index contributed by atoms with van der Waals surface area (Å²) in [5.74, 6) is 2.62. The van der Waals surface area contributed by atoms with Gasteiger partial charge in [0.05, 0.1) is 11.6 Å². The molecule has 0 aliphatic carbocycles. The van der Waals surface area contributed by atoms with Crippen molar-refractivity contribution in [1.29, 1.82) is 5.26 Å². The summed E-state index contributed by atoms with van der Waals surface area (Å²) in [6.45, 7) is 5.89. The number of piperidine rings is 1. The van der Waals surface area contributed by atoms with E-state index in [-0.39, 0.29) is 6.10 Å². The number of nitriles is 1. The van der Waals surface area contributed by atoms with Crippen LogP contribution in [0.4, 0.5) is 5.82 Å². The molecule has 5 heteroatoms. The van der Waals surface area contributed by atoms with Gasteiger partial charge >= 0.3 is 0 Å². The van der Waals surface area contributed by atoms with E-state index < -0.39 is 0 Å². The molecular weight excluding hydrogens is 300 g/mol. The summed E-state index contributed by atoms with van der Waals surface area (Å²) in [4.78, 5) is 11.3. The summed E-state index contributed by atoms with van der Waals surface area (Å²) < 4.78 is 6.04. The van der Waals surface area contributed by atoms with Gasteiger partial charge in [0.2, 0.25) is 0 Å². The molecule has 3 rings (SSSR count). The number of benzene rings is 1. The van der Waals surface area contributed by atoms with Gasteiger partial charge in [-0.2, -0.15) is 5.26 Å². The molecule has 0 unspecified atom stereocenters. The number of aryl methyl sites for hydroxylation is 2. The summed E-state index contributed by atoms with van der Waals surface area (Å²) in [7, 11) is 0. The largest absolute Gasteiger partial charge is 0.490 e. The van der Waals surface area contributed by atoms with Gasteiger partial charge in [0.15, 0.2) is 0 Å². The highest BCUT2D eigenvalue weighted by Gasteiger charge is 2.22. The first-order valence-corrected chi connectivity index (χ1v) is 8.44. The maximum Gasteiger partial charge on any atom is 0.132 e. The second-order valence-corrected chi connectivity index (χ2v) is 6.06. The first-order valence-electron chi connectivity index (χ1n) is 8.44. The number of ether oxygens (including phenoxy) is 1. The summed E-state index contributed by atoms with van der Waals surface area (Å²) in [6, 6.07) is 11.6. The fourth-order valence-electron chi connectivity index (χ4n) is 2.99. The molecule has 0 spiro atoms. The molecule has 1 aliphatic heterocycles. The fraction of sp³-hybridized carbons (Fsp3) is 0.421. The number of nitrogens with zero attached hydrogens (tertiary/aromatic N) is 4. The zero-order valence-electron chi connectivity index (χ0n) is 14.2. The van der Waals surface area contributed by atoms with E-state index in [9.17, 15) is 0 Å². The van der Waals surface area contributed by atoms with E-state index in [4.69, 9.17) is 10.00 Å². The molecule has 1 aliphatic rings. The third kappa shape index (κ3) is 3.83. The number of aromatic nitrogens is 2. The molecule has 0 N–H and O–H groups in total. The highest BCUT2D eigenvalue weighted by Crippen LogP contribution is 2.23. The quantitative estimate of drug-likeness (QED) is 0.864. The lowest BCUT2D eigenvalue weighted by molar-refractivity contribution is 0.170. The van der Waals surface area contributed by atoms with Crippen LogP contribution >= 0.6 is 0 Å². The highest BCUT2D eigenvalue weighted by molar-refractivity contribution is 5.41. The van der Waals surface area contributed by atoms with Crippen LogP contribution in [0.1, 0.15) is 36.8 Å². The van der Waals surface area contributed by atoms with E-state index in [1.54, 1.807) is 12.1 Å². The molecule has 0 bridgehead atoms. The molecule has 24 heavy (non-hydrogen) atoms. The van der Waals surface area contributed by atoms with Crippen LogP contribution < -0.4 is 9.64 Å². The van der Waals surface area contributed by atoms with Gasteiger partial charge in [-0.3, -0.25) is 0 Å². The molecule has 0 amide bonds. The van der Waals surface area contributed by atoms with Crippen molar-refractivity contribution in [3.63, 3.8) is 0 Å².